The van der Waals surface area contributed by atoms with Crippen LogP contribution in [0.2, 0.25) is 10.0 Å². The van der Waals surface area contributed by atoms with Gasteiger partial charge in [-0.1, -0.05) is 47.5 Å². The number of pyridine rings is 2. The van der Waals surface area contributed by atoms with Crippen molar-refractivity contribution in [3.05, 3.63) is 223 Å². The SMILES string of the molecule is COC[C@H]1COC[C@H]1n1c(Cc2cc(F)c(-c3cccc(OCc4ccc(Cl)cc4F)n3)cc2F)nc2ccc(C(=O)O)cc21.COC[C@H]1COC[C@H]1n1c(Cc2cc(F)c(-c3cccc(OCc4ccc(Cl)cc4F)n3)cc2F)nc2ccc(C(=O)O)cc21. The number of aromatic nitrogens is 6. The van der Waals surface area contributed by atoms with Crippen LogP contribution < -0.4 is 9.47 Å². The van der Waals surface area contributed by atoms with E-state index in [9.17, 15) is 28.6 Å². The normalized spacial score (nSPS) is 16.4. The van der Waals surface area contributed by atoms with E-state index in [2.05, 4.69) is 19.9 Å². The van der Waals surface area contributed by atoms with Gasteiger partial charge < -0.3 is 47.8 Å². The van der Waals surface area contributed by atoms with E-state index >= 15 is 17.6 Å². The van der Waals surface area contributed by atoms with Gasteiger partial charge >= 0.3 is 11.9 Å². The first-order valence-corrected chi connectivity index (χ1v) is 28.8. The van der Waals surface area contributed by atoms with Gasteiger partial charge in [-0.3, -0.25) is 0 Å². The van der Waals surface area contributed by atoms with Crippen molar-refractivity contribution in [2.75, 3.05) is 53.9 Å². The molecular weight excluding hydrogens is 1220 g/mol. The predicted octanol–water partition coefficient (Wildman–Crippen LogP) is 13.7. The van der Waals surface area contributed by atoms with Crippen LogP contribution in [0.1, 0.15) is 66.7 Å². The average Bonchev–Trinajstić information content (AvgIpc) is 1.72. The molecule has 0 spiro atoms. The zero-order chi connectivity index (χ0) is 63.3. The molecule has 0 unspecified atom stereocenters. The molecule has 10 aromatic rings. The molecule has 2 fully saturated rings. The molecule has 2 aliphatic rings. The van der Waals surface area contributed by atoms with Crippen LogP contribution in [0.4, 0.5) is 26.3 Å². The van der Waals surface area contributed by atoms with Crippen LogP contribution in [0, 0.1) is 46.7 Å². The smallest absolute Gasteiger partial charge is 0.335 e. The number of benzene rings is 6. The zero-order valence-electron chi connectivity index (χ0n) is 47.9. The summed E-state index contributed by atoms with van der Waals surface area (Å²) < 4.78 is 128. The number of carbonyl (C=O) groups is 2. The van der Waals surface area contributed by atoms with Crippen LogP contribution in [0.5, 0.6) is 11.8 Å². The number of nitrogens with zero attached hydrogens (tertiary/aromatic N) is 6. The number of rotatable bonds is 20. The van der Waals surface area contributed by atoms with E-state index in [1.54, 1.807) is 38.5 Å². The van der Waals surface area contributed by atoms with Crippen molar-refractivity contribution in [1.82, 2.24) is 29.1 Å². The number of imidazole rings is 2. The molecule has 4 aromatic heterocycles. The van der Waals surface area contributed by atoms with E-state index in [1.807, 2.05) is 9.13 Å². The highest BCUT2D eigenvalue weighted by Gasteiger charge is 2.35. The van der Waals surface area contributed by atoms with Gasteiger partial charge in [-0.05, 0) is 108 Å². The molecule has 0 amide bonds. The maximum Gasteiger partial charge on any atom is 0.335 e. The minimum absolute atomic E-state index is 0.0547. The first kappa shape index (κ1) is 62.7. The molecule has 0 radical (unpaired) electrons. The Labute approximate surface area is 520 Å². The van der Waals surface area contributed by atoms with E-state index in [0.717, 1.165) is 24.3 Å². The van der Waals surface area contributed by atoms with Gasteiger partial charge in [0.05, 0.1) is 96.3 Å². The third kappa shape index (κ3) is 13.8. The Morgan fingerprint density at radius 1 is 0.500 bits per heavy atom. The fourth-order valence-corrected chi connectivity index (χ4v) is 11.4. The molecule has 16 nitrogen and oxygen atoms in total. The molecule has 2 saturated heterocycles. The summed E-state index contributed by atoms with van der Waals surface area (Å²) in [7, 11) is 3.17. The second-order valence-electron chi connectivity index (χ2n) is 21.4. The molecule has 6 heterocycles. The third-order valence-electron chi connectivity index (χ3n) is 15.5. The summed E-state index contributed by atoms with van der Waals surface area (Å²) in [4.78, 5) is 41.4. The Morgan fingerprint density at radius 3 is 1.30 bits per heavy atom. The number of hydrogen-bond acceptors (Lipinski definition) is 12. The lowest BCUT2D eigenvalue weighted by molar-refractivity contribution is 0.0686. The number of carboxylic acids is 2. The maximum absolute atomic E-state index is 15.6. The third-order valence-corrected chi connectivity index (χ3v) is 16.0. The summed E-state index contributed by atoms with van der Waals surface area (Å²) in [5.74, 6) is -5.08. The second kappa shape index (κ2) is 27.5. The first-order valence-electron chi connectivity index (χ1n) is 28.1. The van der Waals surface area contributed by atoms with Gasteiger partial charge in [0.15, 0.2) is 0 Å². The number of ether oxygens (including phenoxy) is 6. The van der Waals surface area contributed by atoms with Crippen molar-refractivity contribution in [1.29, 1.82) is 0 Å². The number of halogens is 8. The van der Waals surface area contributed by atoms with Crippen LogP contribution in [0.25, 0.3) is 44.6 Å². The largest absolute Gasteiger partial charge is 0.478 e. The number of carboxylic acid groups (broad SMARTS) is 2. The van der Waals surface area contributed by atoms with Crippen molar-refractivity contribution in [2.24, 2.45) is 11.8 Å². The Hall–Kier alpha value is -8.90. The summed E-state index contributed by atoms with van der Waals surface area (Å²) in [5.41, 5.74) is 3.04. The van der Waals surface area contributed by atoms with Crippen molar-refractivity contribution in [3.8, 4) is 34.3 Å². The summed E-state index contributed by atoms with van der Waals surface area (Å²) in [6, 6.07) is 30.6. The Morgan fingerprint density at radius 2 is 0.911 bits per heavy atom. The molecule has 4 atom stereocenters. The number of methoxy groups -OCH3 is 2. The van der Waals surface area contributed by atoms with E-state index in [-0.39, 0.29) is 128 Å². The molecule has 0 bridgehead atoms. The van der Waals surface area contributed by atoms with Gasteiger partial charge in [0.2, 0.25) is 11.8 Å². The molecule has 90 heavy (non-hydrogen) atoms. The summed E-state index contributed by atoms with van der Waals surface area (Å²) in [6.45, 7) is 2.03. The summed E-state index contributed by atoms with van der Waals surface area (Å²) in [6.07, 6.45) is -0.140. The van der Waals surface area contributed by atoms with E-state index < -0.39 is 46.8 Å². The lowest BCUT2D eigenvalue weighted by Gasteiger charge is -2.22. The highest BCUT2D eigenvalue weighted by molar-refractivity contribution is 6.30. The molecule has 464 valence electrons. The minimum Gasteiger partial charge on any atom is -0.478 e. The monoisotopic (exact) mass is 1270 g/mol. The van der Waals surface area contributed by atoms with Gasteiger partial charge in [-0.25, -0.2) is 55.9 Å². The molecule has 24 heteroatoms. The van der Waals surface area contributed by atoms with Crippen LogP contribution in [0.3, 0.4) is 0 Å². The van der Waals surface area contributed by atoms with Crippen LogP contribution in [0.15, 0.2) is 133 Å². The predicted molar refractivity (Wildman–Crippen MR) is 320 cm³/mol. The lowest BCUT2D eigenvalue weighted by Crippen LogP contribution is -2.23. The highest BCUT2D eigenvalue weighted by Crippen LogP contribution is 2.37. The number of fused-ring (bicyclic) bond motifs is 2. The molecule has 0 saturated carbocycles. The molecule has 2 N–H and O–H groups in total. The zero-order valence-corrected chi connectivity index (χ0v) is 49.5. The second-order valence-corrected chi connectivity index (χ2v) is 22.3. The maximum atomic E-state index is 15.6. The highest BCUT2D eigenvalue weighted by atomic mass is 35.5. The first-order chi connectivity index (χ1) is 43.4. The van der Waals surface area contributed by atoms with Gasteiger partial charge in [-0.15, -0.1) is 0 Å². The Kier molecular flexibility index (Phi) is 19.1. The fourth-order valence-electron chi connectivity index (χ4n) is 11.1. The molecule has 12 rings (SSSR count). The summed E-state index contributed by atoms with van der Waals surface area (Å²) >= 11 is 11.6. The van der Waals surface area contributed by atoms with E-state index in [4.69, 9.17) is 51.6 Å². The quantitative estimate of drug-likeness (QED) is 0.0685. The van der Waals surface area contributed by atoms with E-state index in [0.29, 0.717) is 73.4 Å². The molecule has 0 aliphatic carbocycles. The lowest BCUT2D eigenvalue weighted by atomic mass is 10.0. The molecule has 2 aliphatic heterocycles. The van der Waals surface area contributed by atoms with E-state index in [1.165, 1.54) is 84.9 Å². The van der Waals surface area contributed by atoms with Gasteiger partial charge in [-0.2, -0.15) is 0 Å². The fraction of sp³-hybridized carbons (Fsp3) is 0.242. The molecule has 6 aromatic carbocycles. The average molecular weight is 1280 g/mol. The number of aromatic carboxylic acids is 2. The minimum atomic E-state index is -1.09. The van der Waals surface area contributed by atoms with Crippen LogP contribution in [-0.4, -0.2) is 105 Å². The van der Waals surface area contributed by atoms with Gasteiger partial charge in [0, 0.05) is 83.3 Å². The van der Waals surface area contributed by atoms with Crippen molar-refractivity contribution in [2.45, 2.75) is 38.1 Å². The Balaban J connectivity index is 0.000000185. The summed E-state index contributed by atoms with van der Waals surface area (Å²) in [5, 5.41) is 19.7. The van der Waals surface area contributed by atoms with Crippen LogP contribution in [-0.2, 0) is 45.0 Å². The number of hydrogen-bond donors (Lipinski definition) is 2. The van der Waals surface area contributed by atoms with Crippen molar-refractivity contribution < 1.29 is 74.6 Å². The topological polar surface area (TPSA) is 191 Å². The van der Waals surface area contributed by atoms with Crippen molar-refractivity contribution >= 4 is 57.2 Å². The van der Waals surface area contributed by atoms with Gasteiger partial charge in [0.1, 0.15) is 59.8 Å². The molecular formula is C66H54Cl2F6N6O10. The van der Waals surface area contributed by atoms with Gasteiger partial charge in [0.25, 0.3) is 0 Å². The van der Waals surface area contributed by atoms with Crippen molar-refractivity contribution in [3.63, 3.8) is 0 Å². The Bertz CT molecular complexity index is 4070. The standard InChI is InChI=1S/2C33H27ClF3N3O5/c2*1-43-14-21-15-44-17-30(21)40-29-10-18(33(41)42)6-8-28(29)38-31(40)11-20-9-26(37)23(13-25(20)36)27-3-2-4-32(39-27)45-16-19-5-7-22(34)12-24(19)35/h2*2-10,12-13,21,30H,11,14-17H2,1H3,(H,41,42)/t2*21-,30+/m00/s1. The van der Waals surface area contributed by atoms with Crippen LogP contribution >= 0.6 is 23.2 Å².